The second kappa shape index (κ2) is 7.37. The van der Waals surface area contributed by atoms with Crippen molar-refractivity contribution in [3.05, 3.63) is 0 Å². The lowest BCUT2D eigenvalue weighted by molar-refractivity contribution is -0.353. The summed E-state index contributed by atoms with van der Waals surface area (Å²) in [6.07, 6.45) is -31.3. The Kier molecular flexibility index (Phi) is 7.11. The first kappa shape index (κ1) is 24.1. The van der Waals surface area contributed by atoms with Gasteiger partial charge < -0.3 is 0 Å². The van der Waals surface area contributed by atoms with Crippen molar-refractivity contribution in [1.82, 2.24) is 0 Å². The van der Waals surface area contributed by atoms with Gasteiger partial charge in [-0.2, -0.15) is 52.7 Å². The second-order valence-corrected chi connectivity index (χ2v) is 5.50. The monoisotopic (exact) mass is 404 g/mol. The minimum absolute atomic E-state index is 0.325. The van der Waals surface area contributed by atoms with Crippen LogP contribution in [0.15, 0.2) is 0 Å². The van der Waals surface area contributed by atoms with Crippen LogP contribution in [-0.2, 0) is 0 Å². The molecule has 0 amide bonds. The molecule has 0 aromatic carbocycles. The largest absolute Gasteiger partial charge is 0.431 e. The molecule has 0 aliphatic rings. The molecule has 2 atom stereocenters. The summed E-state index contributed by atoms with van der Waals surface area (Å²) in [4.78, 5) is 0. The van der Waals surface area contributed by atoms with Gasteiger partial charge in [0, 0.05) is 6.42 Å². The molecule has 0 rings (SSSR count). The van der Waals surface area contributed by atoms with Crippen molar-refractivity contribution in [3.8, 4) is 0 Å². The quantitative estimate of drug-likeness (QED) is 0.430. The Bertz CT molecular complexity index is 397. The molecule has 25 heavy (non-hydrogen) atoms. The van der Waals surface area contributed by atoms with Crippen molar-refractivity contribution in [2.75, 3.05) is 0 Å². The predicted molar refractivity (Wildman–Crippen MR) is 59.2 cm³/mol. The Morgan fingerprint density at radius 3 is 1.20 bits per heavy atom. The molecule has 0 aromatic rings. The molecular formula is C12H13F13. The first-order chi connectivity index (χ1) is 10.8. The van der Waals surface area contributed by atoms with Crippen molar-refractivity contribution in [2.24, 2.45) is 11.8 Å². The highest BCUT2D eigenvalue weighted by Gasteiger charge is 2.74. The molecule has 0 saturated carbocycles. The third-order valence-corrected chi connectivity index (χ3v) is 3.56. The highest BCUT2D eigenvalue weighted by Crippen LogP contribution is 2.53. The molecule has 0 bridgehead atoms. The van der Waals surface area contributed by atoms with E-state index in [4.69, 9.17) is 0 Å². The molecule has 0 nitrogen and oxygen atoms in total. The second-order valence-electron chi connectivity index (χ2n) is 5.50. The lowest BCUT2D eigenvalue weighted by Crippen LogP contribution is -2.55. The van der Waals surface area contributed by atoms with Gasteiger partial charge in [0.05, 0.1) is 11.8 Å². The zero-order valence-electron chi connectivity index (χ0n) is 12.4. The van der Waals surface area contributed by atoms with Crippen LogP contribution in [0, 0.1) is 11.8 Å². The smallest absolute Gasteiger partial charge is 0.224 e. The molecule has 2 unspecified atom stereocenters. The Hall–Kier alpha value is -0.910. The van der Waals surface area contributed by atoms with Crippen LogP contribution in [0.5, 0.6) is 0 Å². The minimum atomic E-state index is -6.77. The van der Waals surface area contributed by atoms with E-state index in [1.165, 1.54) is 0 Å². The summed E-state index contributed by atoms with van der Waals surface area (Å²) < 4.78 is 164. The number of alkyl halides is 13. The van der Waals surface area contributed by atoms with Gasteiger partial charge in [0.15, 0.2) is 0 Å². The Balaban J connectivity index is 5.84. The van der Waals surface area contributed by atoms with E-state index in [1.807, 2.05) is 0 Å². The lowest BCUT2D eigenvalue weighted by atomic mass is 9.82. The first-order valence-corrected chi connectivity index (χ1v) is 6.73. The summed E-state index contributed by atoms with van der Waals surface area (Å²) in [6.45, 7) is 1.13. The third kappa shape index (κ3) is 6.08. The molecular weight excluding hydrogens is 391 g/mol. The van der Waals surface area contributed by atoms with Crippen LogP contribution in [0.4, 0.5) is 57.1 Å². The average Bonchev–Trinajstić information content (AvgIpc) is 2.31. The summed E-state index contributed by atoms with van der Waals surface area (Å²) >= 11 is 0. The molecule has 152 valence electrons. The van der Waals surface area contributed by atoms with Gasteiger partial charge in [-0.25, -0.2) is 4.39 Å². The van der Waals surface area contributed by atoms with Crippen LogP contribution >= 0.6 is 0 Å². The van der Waals surface area contributed by atoms with Crippen molar-refractivity contribution in [2.45, 2.75) is 63.0 Å². The first-order valence-electron chi connectivity index (χ1n) is 6.73. The summed E-state index contributed by atoms with van der Waals surface area (Å²) in [7, 11) is 0. The minimum Gasteiger partial charge on any atom is -0.224 e. The lowest BCUT2D eigenvalue weighted by Gasteiger charge is -2.35. The van der Waals surface area contributed by atoms with E-state index in [0.717, 1.165) is 6.92 Å². The standard InChI is InChI=1S/C12H13F13/c1-2-3-6(9(14,15)16)4-7(10(17,18)19)5-8(13,11(20,21)22)12(23,24)25/h6-7H,2-5H2,1H3. The average molecular weight is 404 g/mol. The van der Waals surface area contributed by atoms with E-state index >= 15 is 0 Å². The van der Waals surface area contributed by atoms with Gasteiger partial charge in [0.2, 0.25) is 0 Å². The van der Waals surface area contributed by atoms with E-state index in [9.17, 15) is 57.1 Å². The van der Waals surface area contributed by atoms with Crippen LogP contribution in [0.2, 0.25) is 0 Å². The van der Waals surface area contributed by atoms with Gasteiger partial charge in [-0.05, 0) is 12.8 Å². The summed E-state index contributed by atoms with van der Waals surface area (Å²) in [5.41, 5.74) is -6.28. The summed E-state index contributed by atoms with van der Waals surface area (Å²) in [5, 5.41) is 0. The van der Waals surface area contributed by atoms with Gasteiger partial charge in [-0.3, -0.25) is 0 Å². The Morgan fingerprint density at radius 1 is 0.600 bits per heavy atom. The van der Waals surface area contributed by atoms with Gasteiger partial charge in [0.25, 0.3) is 5.67 Å². The summed E-state index contributed by atoms with van der Waals surface area (Å²) in [6, 6.07) is 0. The van der Waals surface area contributed by atoms with Crippen molar-refractivity contribution < 1.29 is 57.1 Å². The highest BCUT2D eigenvalue weighted by molar-refractivity contribution is 4.97. The van der Waals surface area contributed by atoms with Crippen molar-refractivity contribution >= 4 is 0 Å². The molecule has 0 aliphatic heterocycles. The maximum Gasteiger partial charge on any atom is 0.431 e. The van der Waals surface area contributed by atoms with Crippen LogP contribution in [0.3, 0.4) is 0 Å². The van der Waals surface area contributed by atoms with Crippen molar-refractivity contribution in [1.29, 1.82) is 0 Å². The number of hydrogen-bond donors (Lipinski definition) is 0. The molecule has 0 heterocycles. The van der Waals surface area contributed by atoms with E-state index in [0.29, 0.717) is 0 Å². The number of rotatable bonds is 6. The Morgan fingerprint density at radius 2 is 0.960 bits per heavy atom. The topological polar surface area (TPSA) is 0 Å². The van der Waals surface area contributed by atoms with Crippen LogP contribution in [0.1, 0.15) is 32.6 Å². The van der Waals surface area contributed by atoms with Crippen LogP contribution in [0.25, 0.3) is 0 Å². The molecule has 0 spiro atoms. The molecule has 0 fully saturated rings. The maximum atomic E-state index is 13.5. The molecule has 0 saturated heterocycles. The van der Waals surface area contributed by atoms with E-state index < -0.39 is 61.5 Å². The summed E-state index contributed by atoms with van der Waals surface area (Å²) in [5.74, 6) is -6.59. The zero-order valence-corrected chi connectivity index (χ0v) is 12.4. The molecule has 0 aromatic heterocycles. The Labute approximate surface area is 133 Å². The fraction of sp³-hybridized carbons (Fsp3) is 1.00. The zero-order chi connectivity index (χ0) is 20.5. The SMILES string of the molecule is CCCC(CC(CC(F)(C(F)(F)F)C(F)(F)F)C(F)(F)F)C(F)(F)F. The number of hydrogen-bond acceptors (Lipinski definition) is 0. The normalized spacial score (nSPS) is 17.5. The molecule has 0 N–H and O–H groups in total. The van der Waals surface area contributed by atoms with Gasteiger partial charge in [0.1, 0.15) is 0 Å². The van der Waals surface area contributed by atoms with Crippen LogP contribution in [-0.4, -0.2) is 30.4 Å². The predicted octanol–water partition coefficient (Wildman–Crippen LogP) is 6.76. The van der Waals surface area contributed by atoms with E-state index in [-0.39, 0.29) is 6.42 Å². The van der Waals surface area contributed by atoms with Crippen LogP contribution < -0.4 is 0 Å². The van der Waals surface area contributed by atoms with Gasteiger partial charge in [-0.1, -0.05) is 13.3 Å². The molecule has 13 heteroatoms. The third-order valence-electron chi connectivity index (χ3n) is 3.56. The van der Waals surface area contributed by atoms with Gasteiger partial charge in [-0.15, -0.1) is 0 Å². The van der Waals surface area contributed by atoms with Crippen molar-refractivity contribution in [3.63, 3.8) is 0 Å². The fourth-order valence-corrected chi connectivity index (χ4v) is 2.17. The fourth-order valence-electron chi connectivity index (χ4n) is 2.17. The highest BCUT2D eigenvalue weighted by atomic mass is 19.4. The van der Waals surface area contributed by atoms with E-state index in [2.05, 4.69) is 0 Å². The molecule has 0 radical (unpaired) electrons. The molecule has 0 aliphatic carbocycles. The van der Waals surface area contributed by atoms with E-state index in [1.54, 1.807) is 0 Å². The van der Waals surface area contributed by atoms with Gasteiger partial charge >= 0.3 is 24.7 Å². The number of halogens is 13. The maximum absolute atomic E-state index is 13.5.